The molecule has 4 aliphatic rings. The van der Waals surface area contributed by atoms with E-state index < -0.39 is 23.9 Å². The predicted molar refractivity (Wildman–Crippen MR) is 141 cm³/mol. The molecule has 4 fully saturated rings. The molecule has 0 radical (unpaired) electrons. The minimum Gasteiger partial charge on any atom is -0.481 e. The number of fused-ring (bicyclic) bond motifs is 5. The second-order valence-corrected chi connectivity index (χ2v) is 13.7. The number of carbonyl (C=O) groups excluding carboxylic acids is 1. The van der Waals surface area contributed by atoms with Crippen molar-refractivity contribution in [1.29, 1.82) is 0 Å². The third-order valence-electron chi connectivity index (χ3n) is 11.8. The highest BCUT2D eigenvalue weighted by atomic mass is 16.5. The van der Waals surface area contributed by atoms with Crippen molar-refractivity contribution in [2.24, 2.45) is 46.3 Å². The van der Waals surface area contributed by atoms with Crippen LogP contribution in [-0.4, -0.2) is 59.3 Å². The molecule has 0 aromatic heterocycles. The lowest BCUT2D eigenvalue weighted by Gasteiger charge is -2.61. The normalized spacial score (nSPS) is 40.7. The van der Waals surface area contributed by atoms with Gasteiger partial charge < -0.3 is 14.9 Å². The Balaban J connectivity index is 1.38. The number of aliphatic carboxylic acids is 2. The van der Waals surface area contributed by atoms with Crippen LogP contribution in [0, 0.1) is 46.3 Å². The number of carbonyl (C=O) groups is 3. The van der Waals surface area contributed by atoms with Crippen molar-refractivity contribution < 1.29 is 29.3 Å². The van der Waals surface area contributed by atoms with E-state index in [1.54, 1.807) is 19.0 Å². The fourth-order valence-corrected chi connectivity index (χ4v) is 9.74. The first kappa shape index (κ1) is 28.4. The minimum atomic E-state index is -0.994. The van der Waals surface area contributed by atoms with Gasteiger partial charge in [0.1, 0.15) is 12.1 Å². The number of carboxylic acid groups (broad SMARTS) is 2. The van der Waals surface area contributed by atoms with E-state index in [2.05, 4.69) is 20.8 Å². The van der Waals surface area contributed by atoms with Crippen LogP contribution in [0.1, 0.15) is 97.8 Å². The van der Waals surface area contributed by atoms with E-state index in [4.69, 9.17) is 4.74 Å². The third kappa shape index (κ3) is 5.44. The van der Waals surface area contributed by atoms with Crippen LogP contribution < -0.4 is 0 Å². The number of hydrogen-bond donors (Lipinski definition) is 2. The van der Waals surface area contributed by atoms with Crippen molar-refractivity contribution >= 4 is 17.9 Å². The molecule has 4 saturated carbocycles. The van der Waals surface area contributed by atoms with E-state index >= 15 is 0 Å². The van der Waals surface area contributed by atoms with Gasteiger partial charge in [0, 0.05) is 6.42 Å². The summed E-state index contributed by atoms with van der Waals surface area (Å²) in [4.78, 5) is 36.8. The topological polar surface area (TPSA) is 104 Å². The molecule has 7 heteroatoms. The van der Waals surface area contributed by atoms with Crippen LogP contribution in [0.4, 0.5) is 0 Å². The highest BCUT2D eigenvalue weighted by Gasteiger charge is 2.60. The molecule has 0 amide bonds. The second-order valence-electron chi connectivity index (χ2n) is 13.7. The van der Waals surface area contributed by atoms with Crippen molar-refractivity contribution in [1.82, 2.24) is 4.90 Å². The van der Waals surface area contributed by atoms with Crippen molar-refractivity contribution in [3.8, 4) is 0 Å². The van der Waals surface area contributed by atoms with Gasteiger partial charge in [-0.3, -0.25) is 19.3 Å². The summed E-state index contributed by atoms with van der Waals surface area (Å²) in [6, 6.07) is -0.851. The fourth-order valence-electron chi connectivity index (χ4n) is 9.74. The summed E-state index contributed by atoms with van der Waals surface area (Å²) in [6.45, 7) is 7.31. The average molecular weight is 520 g/mol. The first-order valence-corrected chi connectivity index (χ1v) is 14.7. The lowest BCUT2D eigenvalue weighted by Crippen LogP contribution is -2.54. The van der Waals surface area contributed by atoms with Gasteiger partial charge in [0.25, 0.3) is 0 Å². The zero-order valence-electron chi connectivity index (χ0n) is 23.6. The number of nitrogens with zero attached hydrogens (tertiary/aromatic N) is 1. The summed E-state index contributed by atoms with van der Waals surface area (Å²) >= 11 is 0. The molecule has 2 unspecified atom stereocenters. The lowest BCUT2D eigenvalue weighted by atomic mass is 9.44. The minimum absolute atomic E-state index is 0.0986. The Morgan fingerprint density at radius 3 is 2.27 bits per heavy atom. The Morgan fingerprint density at radius 1 is 0.946 bits per heavy atom. The molecule has 4 aliphatic carbocycles. The molecule has 0 spiro atoms. The van der Waals surface area contributed by atoms with Crippen LogP contribution in [-0.2, 0) is 19.1 Å². The van der Waals surface area contributed by atoms with E-state index in [1.807, 2.05) is 0 Å². The molecule has 0 bridgehead atoms. The number of rotatable bonds is 9. The monoisotopic (exact) mass is 519 g/mol. The molecule has 0 aromatic carbocycles. The number of carboxylic acids is 2. The SMILES string of the molecule is C[C@H](CCC(=O)O)[C@H]1CC[C@H]2[C@@H]3CC[C@@H]4C[C@@H](OC(=O)CC(C(=O)O)N(C)C)CC[C@]4(C)[C@H]3CCC12C. The first-order valence-electron chi connectivity index (χ1n) is 14.7. The number of esters is 1. The summed E-state index contributed by atoms with van der Waals surface area (Å²) < 4.78 is 5.85. The lowest BCUT2D eigenvalue weighted by molar-refractivity contribution is -0.166. The maximum Gasteiger partial charge on any atom is 0.321 e. The summed E-state index contributed by atoms with van der Waals surface area (Å²) in [5, 5.41) is 18.6. The van der Waals surface area contributed by atoms with Gasteiger partial charge in [-0.25, -0.2) is 0 Å². The molecule has 0 saturated heterocycles. The van der Waals surface area contributed by atoms with Crippen LogP contribution in [0.3, 0.4) is 0 Å². The standard InChI is InChI=1S/C30H49NO6/c1-18(6-11-26(32)33)22-9-10-23-21-8-7-19-16-20(37-27(34)17-25(28(35)36)31(4)5)12-14-29(19,2)24(21)13-15-30(22,23)3/h18-25H,6-17H2,1-5H3,(H,32,33)(H,35,36)/t18-,19-,20+,21+,22-,23+,24+,25?,29+,30?/m1/s1. The Hall–Kier alpha value is -1.63. The first-order chi connectivity index (χ1) is 17.4. The number of likely N-dealkylation sites (N-methyl/N-ethyl adjacent to an activating group) is 1. The molecule has 210 valence electrons. The molecular formula is C30H49NO6. The van der Waals surface area contributed by atoms with Crippen molar-refractivity contribution in [2.75, 3.05) is 14.1 Å². The van der Waals surface area contributed by atoms with Crippen LogP contribution in [0.2, 0.25) is 0 Å². The Kier molecular flexibility index (Phi) is 8.33. The van der Waals surface area contributed by atoms with Crippen LogP contribution in [0.5, 0.6) is 0 Å². The van der Waals surface area contributed by atoms with Crippen molar-refractivity contribution in [2.45, 2.75) is 110 Å². The molecule has 0 aromatic rings. The zero-order chi connectivity index (χ0) is 27.1. The van der Waals surface area contributed by atoms with E-state index in [9.17, 15) is 24.6 Å². The average Bonchev–Trinajstić information content (AvgIpc) is 3.18. The van der Waals surface area contributed by atoms with Gasteiger partial charge in [-0.15, -0.1) is 0 Å². The highest BCUT2D eigenvalue weighted by molar-refractivity contribution is 5.81. The Labute approximate surface area is 222 Å². The van der Waals surface area contributed by atoms with E-state index in [0.717, 1.165) is 43.4 Å². The maximum atomic E-state index is 12.6. The quantitative estimate of drug-likeness (QED) is 0.390. The van der Waals surface area contributed by atoms with Gasteiger partial charge in [-0.1, -0.05) is 20.8 Å². The Morgan fingerprint density at radius 2 is 1.62 bits per heavy atom. The molecule has 0 aliphatic heterocycles. The van der Waals surface area contributed by atoms with Crippen molar-refractivity contribution in [3.63, 3.8) is 0 Å². The van der Waals surface area contributed by atoms with Gasteiger partial charge in [0.05, 0.1) is 6.42 Å². The van der Waals surface area contributed by atoms with Gasteiger partial charge >= 0.3 is 17.9 Å². The molecule has 37 heavy (non-hydrogen) atoms. The molecule has 4 rings (SSSR count). The predicted octanol–water partition coefficient (Wildman–Crippen LogP) is 5.46. The number of ether oxygens (including phenoxy) is 1. The molecular weight excluding hydrogens is 470 g/mol. The molecule has 2 N–H and O–H groups in total. The van der Waals surface area contributed by atoms with Gasteiger partial charge in [-0.05, 0) is 125 Å². The van der Waals surface area contributed by atoms with Gasteiger partial charge in [0.2, 0.25) is 0 Å². The van der Waals surface area contributed by atoms with Crippen LogP contribution >= 0.6 is 0 Å². The molecule has 10 atom stereocenters. The smallest absolute Gasteiger partial charge is 0.321 e. The maximum absolute atomic E-state index is 12.6. The van der Waals surface area contributed by atoms with Crippen LogP contribution in [0.15, 0.2) is 0 Å². The summed E-state index contributed by atoms with van der Waals surface area (Å²) in [5.41, 5.74) is 0.621. The van der Waals surface area contributed by atoms with Gasteiger partial charge in [-0.2, -0.15) is 0 Å². The second kappa shape index (κ2) is 10.9. The summed E-state index contributed by atoms with van der Waals surface area (Å²) in [6.07, 6.45) is 11.2. The Bertz CT molecular complexity index is 874. The summed E-state index contributed by atoms with van der Waals surface area (Å²) in [7, 11) is 3.35. The van der Waals surface area contributed by atoms with Crippen molar-refractivity contribution in [3.05, 3.63) is 0 Å². The van der Waals surface area contributed by atoms with E-state index in [0.29, 0.717) is 23.2 Å². The molecule has 0 heterocycles. The third-order valence-corrected chi connectivity index (χ3v) is 11.8. The molecule has 7 nitrogen and oxygen atoms in total. The van der Waals surface area contributed by atoms with Gasteiger partial charge in [0.15, 0.2) is 0 Å². The van der Waals surface area contributed by atoms with E-state index in [1.165, 1.54) is 38.5 Å². The number of hydrogen-bond acceptors (Lipinski definition) is 5. The summed E-state index contributed by atoms with van der Waals surface area (Å²) in [5.74, 6) is 1.81. The zero-order valence-corrected chi connectivity index (χ0v) is 23.6. The van der Waals surface area contributed by atoms with Crippen LogP contribution in [0.25, 0.3) is 0 Å². The van der Waals surface area contributed by atoms with E-state index in [-0.39, 0.29) is 24.4 Å². The largest absolute Gasteiger partial charge is 0.481 e. The fraction of sp³-hybridized carbons (Fsp3) is 0.900. The highest BCUT2D eigenvalue weighted by Crippen LogP contribution is 2.68.